The van der Waals surface area contributed by atoms with Crippen LogP contribution >= 0.6 is 15.9 Å². The highest BCUT2D eigenvalue weighted by molar-refractivity contribution is 9.10. The maximum Gasteiger partial charge on any atom is 0.268 e. The van der Waals surface area contributed by atoms with Crippen molar-refractivity contribution in [3.63, 3.8) is 0 Å². The van der Waals surface area contributed by atoms with Crippen LogP contribution < -0.4 is 9.62 Å². The van der Waals surface area contributed by atoms with Crippen LogP contribution in [0, 0.1) is 6.92 Å². The zero-order valence-corrected chi connectivity index (χ0v) is 22.6. The van der Waals surface area contributed by atoms with E-state index in [-0.39, 0.29) is 10.5 Å². The van der Waals surface area contributed by atoms with Crippen molar-refractivity contribution in [2.24, 2.45) is 0 Å². The second kappa shape index (κ2) is 10.4. The van der Waals surface area contributed by atoms with Crippen LogP contribution in [0.1, 0.15) is 38.3 Å². The van der Waals surface area contributed by atoms with Gasteiger partial charge in [-0.15, -0.1) is 0 Å². The third-order valence-corrected chi connectivity index (χ3v) is 8.19. The highest BCUT2D eigenvalue weighted by Gasteiger charge is 2.24. The average Bonchev–Trinajstić information content (AvgIpc) is 2.88. The lowest BCUT2D eigenvalue weighted by molar-refractivity contribution is 0.0980. The van der Waals surface area contributed by atoms with Crippen molar-refractivity contribution < 1.29 is 13.2 Å². The van der Waals surface area contributed by atoms with Gasteiger partial charge in [0.1, 0.15) is 0 Å². The van der Waals surface area contributed by atoms with Crippen molar-refractivity contribution in [2.75, 3.05) is 11.4 Å². The van der Waals surface area contributed by atoms with Crippen LogP contribution in [0.3, 0.4) is 0 Å². The summed E-state index contributed by atoms with van der Waals surface area (Å²) in [5.74, 6) is -0.245. The van der Waals surface area contributed by atoms with Crippen LogP contribution in [0.2, 0.25) is 0 Å². The number of rotatable bonds is 6. The highest BCUT2D eigenvalue weighted by Crippen LogP contribution is 2.24. The predicted molar refractivity (Wildman–Crippen MR) is 146 cm³/mol. The molecule has 1 amide bonds. The molecule has 0 fully saturated rings. The highest BCUT2D eigenvalue weighted by atomic mass is 79.9. The summed E-state index contributed by atoms with van der Waals surface area (Å²) in [7, 11) is -4.07. The molecule has 0 unspecified atom stereocenters. The molecular formula is C28H25BrN4O3S. The molecule has 0 bridgehead atoms. The molecule has 0 atom stereocenters. The molecule has 0 spiro atoms. The number of halogens is 1. The van der Waals surface area contributed by atoms with Gasteiger partial charge in [-0.25, -0.2) is 23.1 Å². The van der Waals surface area contributed by atoms with Gasteiger partial charge >= 0.3 is 0 Å². The van der Waals surface area contributed by atoms with Gasteiger partial charge in [-0.2, -0.15) is 0 Å². The lowest BCUT2D eigenvalue weighted by Crippen LogP contribution is -2.34. The summed E-state index contributed by atoms with van der Waals surface area (Å²) in [5, 5.41) is 0. The Balaban J connectivity index is 1.47. The number of amides is 1. The second-order valence-electron chi connectivity index (χ2n) is 9.03. The van der Waals surface area contributed by atoms with E-state index in [0.29, 0.717) is 24.6 Å². The van der Waals surface area contributed by atoms with E-state index in [1.807, 2.05) is 43.3 Å². The number of aryl methyl sites for hydroxylation is 1. The number of benzene rings is 3. The average molecular weight is 578 g/mol. The summed E-state index contributed by atoms with van der Waals surface area (Å²) in [6.45, 7) is 3.42. The van der Waals surface area contributed by atoms with Crippen LogP contribution in [0.4, 0.5) is 5.95 Å². The Morgan fingerprint density at radius 3 is 2.54 bits per heavy atom. The molecule has 1 N–H and O–H groups in total. The number of carbonyl (C=O) groups is 1. The fraction of sp³-hybridized carbons (Fsp3) is 0.179. The summed E-state index contributed by atoms with van der Waals surface area (Å²) in [6.07, 6.45) is 2.67. The van der Waals surface area contributed by atoms with Gasteiger partial charge in [0.25, 0.3) is 15.9 Å². The SMILES string of the molecule is Cc1cccc(Cc2nc(N3CCc4ccccc4C3)ncc2C(=O)NS(=O)(=O)c2ccc(Br)cc2)c1. The standard InChI is InChI=1S/C28H25BrN4O3S/c1-19-5-4-6-20(15-19)16-26-25(27(34)32-37(35,36)24-11-9-23(29)10-12-24)17-30-28(31-26)33-14-13-21-7-2-3-8-22(21)18-33/h2-12,15,17H,13-14,16,18H2,1H3,(H,32,34). The minimum atomic E-state index is -4.07. The van der Waals surface area contributed by atoms with Gasteiger partial charge in [0.05, 0.1) is 16.2 Å². The molecule has 7 nitrogen and oxygen atoms in total. The summed E-state index contributed by atoms with van der Waals surface area (Å²) in [4.78, 5) is 24.6. The van der Waals surface area contributed by atoms with Crippen molar-refractivity contribution in [1.82, 2.24) is 14.7 Å². The Morgan fingerprint density at radius 2 is 1.78 bits per heavy atom. The van der Waals surface area contributed by atoms with Crippen molar-refractivity contribution in [2.45, 2.75) is 31.2 Å². The first kappa shape index (κ1) is 25.1. The van der Waals surface area contributed by atoms with Crippen LogP contribution in [-0.4, -0.2) is 30.8 Å². The predicted octanol–water partition coefficient (Wildman–Crippen LogP) is 4.82. The first-order chi connectivity index (χ1) is 17.8. The Bertz CT molecular complexity index is 1570. The minimum absolute atomic E-state index is 0.00574. The van der Waals surface area contributed by atoms with Crippen molar-refractivity contribution in [1.29, 1.82) is 0 Å². The first-order valence-corrected chi connectivity index (χ1v) is 14.1. The summed E-state index contributed by atoms with van der Waals surface area (Å²) < 4.78 is 28.7. The minimum Gasteiger partial charge on any atom is -0.336 e. The van der Waals surface area contributed by atoms with Crippen LogP contribution in [0.25, 0.3) is 0 Å². The Labute approximate surface area is 224 Å². The molecule has 188 valence electrons. The molecular weight excluding hydrogens is 552 g/mol. The van der Waals surface area contributed by atoms with Gasteiger partial charge in [-0.3, -0.25) is 4.79 Å². The third-order valence-electron chi connectivity index (χ3n) is 6.32. The first-order valence-electron chi connectivity index (χ1n) is 11.8. The molecule has 1 aliphatic heterocycles. The van der Waals surface area contributed by atoms with E-state index in [2.05, 4.69) is 42.7 Å². The number of fused-ring (bicyclic) bond motifs is 1. The van der Waals surface area contributed by atoms with Crippen LogP contribution in [0.15, 0.2) is 88.4 Å². The molecule has 3 aromatic carbocycles. The molecule has 2 heterocycles. The lowest BCUT2D eigenvalue weighted by atomic mass is 10.0. The quantitative estimate of drug-likeness (QED) is 0.354. The van der Waals surface area contributed by atoms with E-state index in [1.54, 1.807) is 12.1 Å². The number of carbonyl (C=O) groups excluding carboxylic acids is 1. The number of anilines is 1. The summed E-state index contributed by atoms with van der Waals surface area (Å²) in [5.41, 5.74) is 5.19. The molecule has 0 saturated carbocycles. The molecule has 1 aliphatic rings. The molecule has 37 heavy (non-hydrogen) atoms. The summed E-state index contributed by atoms with van der Waals surface area (Å²) >= 11 is 3.29. The monoisotopic (exact) mass is 576 g/mol. The van der Waals surface area contributed by atoms with Gasteiger partial charge in [-0.1, -0.05) is 70.0 Å². The molecule has 4 aromatic rings. The van der Waals surface area contributed by atoms with Gasteiger partial charge in [0.2, 0.25) is 5.95 Å². The van der Waals surface area contributed by atoms with Gasteiger partial charge in [0, 0.05) is 30.2 Å². The molecule has 9 heteroatoms. The second-order valence-corrected chi connectivity index (χ2v) is 11.6. The number of nitrogens with zero attached hydrogens (tertiary/aromatic N) is 3. The molecule has 1 aromatic heterocycles. The molecule has 0 radical (unpaired) electrons. The normalized spacial score (nSPS) is 13.2. The molecule has 0 saturated heterocycles. The van der Waals surface area contributed by atoms with Gasteiger partial charge < -0.3 is 4.90 Å². The Kier molecular flexibility index (Phi) is 7.08. The fourth-order valence-corrected chi connectivity index (χ4v) is 5.65. The van der Waals surface area contributed by atoms with E-state index >= 15 is 0 Å². The van der Waals surface area contributed by atoms with E-state index in [0.717, 1.165) is 28.6 Å². The number of aromatic nitrogens is 2. The largest absolute Gasteiger partial charge is 0.336 e. The van der Waals surface area contributed by atoms with Crippen molar-refractivity contribution in [3.05, 3.63) is 117 Å². The van der Waals surface area contributed by atoms with E-state index < -0.39 is 15.9 Å². The number of hydrogen-bond acceptors (Lipinski definition) is 6. The number of sulfonamides is 1. The van der Waals surface area contributed by atoms with Gasteiger partial charge in [-0.05, 0) is 54.3 Å². The smallest absolute Gasteiger partial charge is 0.268 e. The fourth-order valence-electron chi connectivity index (χ4n) is 4.41. The topological polar surface area (TPSA) is 92.3 Å². The third kappa shape index (κ3) is 5.73. The number of nitrogens with one attached hydrogen (secondary N) is 1. The summed E-state index contributed by atoms with van der Waals surface area (Å²) in [6, 6.07) is 22.3. The van der Waals surface area contributed by atoms with E-state index in [1.165, 1.54) is 29.5 Å². The Morgan fingerprint density at radius 1 is 1.03 bits per heavy atom. The maximum atomic E-state index is 13.2. The lowest BCUT2D eigenvalue weighted by Gasteiger charge is -2.29. The van der Waals surface area contributed by atoms with Crippen molar-refractivity contribution >= 4 is 37.8 Å². The Hall–Kier alpha value is -3.56. The van der Waals surface area contributed by atoms with Crippen LogP contribution in [0.5, 0.6) is 0 Å². The maximum absolute atomic E-state index is 13.2. The molecule has 0 aliphatic carbocycles. The molecule has 5 rings (SSSR count). The van der Waals surface area contributed by atoms with Crippen LogP contribution in [-0.2, 0) is 29.4 Å². The zero-order chi connectivity index (χ0) is 26.0. The number of hydrogen-bond donors (Lipinski definition) is 1. The van der Waals surface area contributed by atoms with E-state index in [4.69, 9.17) is 4.98 Å². The van der Waals surface area contributed by atoms with Gasteiger partial charge in [0.15, 0.2) is 0 Å². The zero-order valence-electron chi connectivity index (χ0n) is 20.2. The van der Waals surface area contributed by atoms with Crippen molar-refractivity contribution in [3.8, 4) is 0 Å². The van der Waals surface area contributed by atoms with E-state index in [9.17, 15) is 13.2 Å².